The number of hydrogen-bond acceptors (Lipinski definition) is 10. The van der Waals surface area contributed by atoms with E-state index in [-0.39, 0.29) is 37.1 Å². The molecule has 3 N–H and O–H groups in total. The predicted molar refractivity (Wildman–Crippen MR) is 211 cm³/mol. The first-order chi connectivity index (χ1) is 27.7. The quantitative estimate of drug-likeness (QED) is 0.241. The number of nitrogens with one attached hydrogen (secondary N) is 3. The minimum absolute atomic E-state index is 0.0442. The lowest BCUT2D eigenvalue weighted by molar-refractivity contribution is -0.197. The largest absolute Gasteiger partial charge is 0.478 e. The lowest BCUT2D eigenvalue weighted by Gasteiger charge is -2.33. The number of carbonyl (C=O) groups excluding carboxylic acids is 4. The van der Waals surface area contributed by atoms with Crippen molar-refractivity contribution in [3.63, 3.8) is 0 Å². The third-order valence-electron chi connectivity index (χ3n) is 11.8. The summed E-state index contributed by atoms with van der Waals surface area (Å²) in [4.78, 5) is 62.0. The van der Waals surface area contributed by atoms with Crippen molar-refractivity contribution in [2.75, 3.05) is 13.2 Å². The fourth-order valence-electron chi connectivity index (χ4n) is 7.70. The first-order valence-electron chi connectivity index (χ1n) is 20.0. The summed E-state index contributed by atoms with van der Waals surface area (Å²) in [5.41, 5.74) is -1.66. The molecule has 1 saturated heterocycles. The molecule has 3 fully saturated rings. The van der Waals surface area contributed by atoms with E-state index in [0.717, 1.165) is 0 Å². The normalized spacial score (nSPS) is 29.4. The minimum atomic E-state index is -4.86. The van der Waals surface area contributed by atoms with E-state index in [1.807, 2.05) is 19.9 Å². The number of halogens is 4. The van der Waals surface area contributed by atoms with Gasteiger partial charge in [0, 0.05) is 34.2 Å². The fourth-order valence-corrected chi connectivity index (χ4v) is 9.24. The molecule has 14 nitrogen and oxygen atoms in total. The van der Waals surface area contributed by atoms with Gasteiger partial charge in [-0.2, -0.15) is 18.2 Å². The van der Waals surface area contributed by atoms with Crippen LogP contribution in [0.25, 0.3) is 10.8 Å². The Bertz CT molecular complexity index is 2100. The summed E-state index contributed by atoms with van der Waals surface area (Å²) in [7, 11) is -4.09. The van der Waals surface area contributed by atoms with Crippen LogP contribution < -0.4 is 24.8 Å². The Kier molecular flexibility index (Phi) is 12.7. The van der Waals surface area contributed by atoms with Crippen LogP contribution in [0.3, 0.4) is 0 Å². The van der Waals surface area contributed by atoms with Gasteiger partial charge in [0.25, 0.3) is 5.91 Å². The van der Waals surface area contributed by atoms with Crippen molar-refractivity contribution < 1.29 is 55.0 Å². The topological polar surface area (TPSA) is 182 Å². The van der Waals surface area contributed by atoms with Crippen LogP contribution in [-0.2, 0) is 29.1 Å². The van der Waals surface area contributed by atoms with Crippen LogP contribution >= 0.6 is 11.6 Å². The van der Waals surface area contributed by atoms with E-state index in [1.54, 1.807) is 37.3 Å². The molecule has 1 aromatic carbocycles. The molecule has 0 unspecified atom stereocenters. The van der Waals surface area contributed by atoms with Crippen molar-refractivity contribution in [2.24, 2.45) is 17.8 Å². The molecule has 3 heterocycles. The SMILES string of the molecule is CCCOc1cc2c(Cl)cccc2c(O[C@@H]2C[C@H]3C(=O)N[C@]4(C(=O)NS(=O)(=O)C5(C)CC5)C[C@H]4/C=C\CC[C@H](C)C[C@@H](C)[C@H](NC(=O)O[C@H](C)C(F)(F)F)C(=O)N3C2)n1. The smallest absolute Gasteiger partial charge is 0.425 e. The van der Waals surface area contributed by atoms with Gasteiger partial charge in [-0.1, -0.05) is 50.6 Å². The lowest BCUT2D eigenvalue weighted by Crippen LogP contribution is -2.59. The predicted octanol–water partition coefficient (Wildman–Crippen LogP) is 5.96. The van der Waals surface area contributed by atoms with Gasteiger partial charge in [0.15, 0.2) is 6.10 Å². The van der Waals surface area contributed by atoms with Gasteiger partial charge in [-0.15, -0.1) is 0 Å². The van der Waals surface area contributed by atoms with Gasteiger partial charge in [-0.05, 0) is 82.8 Å². The van der Waals surface area contributed by atoms with Gasteiger partial charge < -0.3 is 29.7 Å². The number of allylic oxidation sites excluding steroid dienone is 1. The molecule has 1 aromatic heterocycles. The molecule has 4 aliphatic rings. The number of fused-ring (bicyclic) bond motifs is 3. The summed E-state index contributed by atoms with van der Waals surface area (Å²) in [5, 5.41) is 6.62. The zero-order valence-corrected chi connectivity index (χ0v) is 35.1. The number of ether oxygens (including phenoxy) is 3. The monoisotopic (exact) mass is 869 g/mol. The minimum Gasteiger partial charge on any atom is -0.478 e. The van der Waals surface area contributed by atoms with Crippen molar-refractivity contribution in [3.05, 3.63) is 41.4 Å². The van der Waals surface area contributed by atoms with Crippen LogP contribution in [0.4, 0.5) is 18.0 Å². The average Bonchev–Trinajstić information content (AvgIpc) is 4.04. The van der Waals surface area contributed by atoms with Crippen LogP contribution in [0.15, 0.2) is 36.4 Å². The molecular weight excluding hydrogens is 819 g/mol. The van der Waals surface area contributed by atoms with Gasteiger partial charge in [0.2, 0.25) is 33.6 Å². The highest BCUT2D eigenvalue weighted by Crippen LogP contribution is 2.48. The number of alkyl halides is 3. The highest BCUT2D eigenvalue weighted by Gasteiger charge is 2.63. The molecule has 19 heteroatoms. The molecule has 59 heavy (non-hydrogen) atoms. The Hall–Kier alpha value is -4.32. The zero-order valence-electron chi connectivity index (χ0n) is 33.6. The number of pyridine rings is 1. The van der Waals surface area contributed by atoms with Crippen LogP contribution in [0, 0.1) is 17.8 Å². The molecule has 0 radical (unpaired) electrons. The number of nitrogens with zero attached hydrogens (tertiary/aromatic N) is 2. The standard InChI is InChI=1S/C40H51ClF3N5O9S/c1-6-16-56-31-19-28-27(12-9-13-29(28)41)34(45-31)58-26-18-30-33(50)47-39(36(52)48-59(54,55)38(5)14-15-38)20-25(39)11-8-7-10-22(2)17-23(3)32(35(51)49(30)21-26)46-37(53)57-24(4)40(42,43)44/h8-9,11-13,19,22-26,30,32H,6-7,10,14-18,20-21H2,1-5H3,(H,46,53)(H,47,50)(H,48,52)/b11-8-/t22-,23+,24+,25+,26+,30-,32-,39+/m0/s1. The van der Waals surface area contributed by atoms with Crippen molar-refractivity contribution in [2.45, 2.75) is 127 Å². The first-order valence-corrected chi connectivity index (χ1v) is 21.8. The molecule has 2 aromatic rings. The van der Waals surface area contributed by atoms with Crippen molar-refractivity contribution in [1.82, 2.24) is 25.2 Å². The summed E-state index contributed by atoms with van der Waals surface area (Å²) < 4.78 is 84.6. The van der Waals surface area contributed by atoms with Crippen molar-refractivity contribution >= 4 is 56.2 Å². The molecule has 324 valence electrons. The molecular formula is C40H51ClF3N5O9S. The summed E-state index contributed by atoms with van der Waals surface area (Å²) in [5.74, 6) is -3.43. The Morgan fingerprint density at radius 3 is 2.56 bits per heavy atom. The van der Waals surface area contributed by atoms with E-state index in [2.05, 4.69) is 25.1 Å². The molecule has 8 atom stereocenters. The van der Waals surface area contributed by atoms with E-state index < -0.39 is 86.4 Å². The maximum atomic E-state index is 14.8. The number of hydrogen-bond donors (Lipinski definition) is 3. The Morgan fingerprint density at radius 1 is 1.15 bits per heavy atom. The number of aromatic nitrogens is 1. The lowest BCUT2D eigenvalue weighted by atomic mass is 9.88. The van der Waals surface area contributed by atoms with Crippen LogP contribution in [-0.4, -0.2) is 96.0 Å². The number of amides is 4. The summed E-state index contributed by atoms with van der Waals surface area (Å²) in [6.07, 6.45) is -3.22. The number of alkyl carbamates (subject to hydrolysis) is 1. The summed E-state index contributed by atoms with van der Waals surface area (Å²) >= 11 is 6.55. The fraction of sp³-hybridized carbons (Fsp3) is 0.625. The molecule has 0 spiro atoms. The van der Waals surface area contributed by atoms with Crippen molar-refractivity contribution in [3.8, 4) is 11.8 Å². The Morgan fingerprint density at radius 2 is 1.88 bits per heavy atom. The van der Waals surface area contributed by atoms with Gasteiger partial charge in [-0.25, -0.2) is 13.2 Å². The number of carbonyl (C=O) groups is 4. The van der Waals surface area contributed by atoms with E-state index in [4.69, 9.17) is 21.1 Å². The second-order valence-corrected chi connectivity index (χ2v) is 19.2. The van der Waals surface area contributed by atoms with Gasteiger partial charge >= 0.3 is 12.3 Å². The second kappa shape index (κ2) is 17.0. The molecule has 2 aliphatic carbocycles. The third-order valence-corrected chi connectivity index (χ3v) is 14.3. The van der Waals surface area contributed by atoms with Crippen LogP contribution in [0.5, 0.6) is 11.8 Å². The van der Waals surface area contributed by atoms with Gasteiger partial charge in [0.1, 0.15) is 23.7 Å². The van der Waals surface area contributed by atoms with E-state index in [0.29, 0.717) is 67.9 Å². The third kappa shape index (κ3) is 9.68. The maximum Gasteiger partial charge on any atom is 0.425 e. The van der Waals surface area contributed by atoms with E-state index in [1.165, 1.54) is 11.8 Å². The highest BCUT2D eigenvalue weighted by molar-refractivity contribution is 7.91. The molecule has 4 amide bonds. The number of sulfonamides is 1. The first kappa shape index (κ1) is 44.2. The van der Waals surface area contributed by atoms with Crippen LogP contribution in [0.2, 0.25) is 5.02 Å². The van der Waals surface area contributed by atoms with Gasteiger partial charge in [-0.3, -0.25) is 19.1 Å². The summed E-state index contributed by atoms with van der Waals surface area (Å²) in [6.45, 7) is 7.83. The number of rotatable bonds is 10. The molecule has 2 aliphatic heterocycles. The molecule has 6 rings (SSSR count). The Balaban J connectivity index is 1.37. The highest BCUT2D eigenvalue weighted by atomic mass is 35.5. The average molecular weight is 870 g/mol. The van der Waals surface area contributed by atoms with E-state index in [9.17, 15) is 40.8 Å². The summed E-state index contributed by atoms with van der Waals surface area (Å²) in [6, 6.07) is 3.99. The molecule has 0 bridgehead atoms. The van der Waals surface area contributed by atoms with Crippen LogP contribution in [0.1, 0.15) is 86.0 Å². The van der Waals surface area contributed by atoms with Crippen molar-refractivity contribution in [1.29, 1.82) is 0 Å². The second-order valence-electron chi connectivity index (χ2n) is 16.6. The number of benzene rings is 1. The molecule has 2 saturated carbocycles. The Labute approximate surface area is 346 Å². The van der Waals surface area contributed by atoms with Gasteiger partial charge in [0.05, 0.1) is 17.9 Å². The maximum absolute atomic E-state index is 14.8. The zero-order chi connectivity index (χ0) is 43.1. The van der Waals surface area contributed by atoms with E-state index >= 15 is 0 Å².